The van der Waals surface area contributed by atoms with Gasteiger partial charge in [-0.1, -0.05) is 12.1 Å². The van der Waals surface area contributed by atoms with E-state index in [1.54, 1.807) is 12.1 Å². The molecule has 0 fully saturated rings. The van der Waals surface area contributed by atoms with Gasteiger partial charge in [0, 0.05) is 22.7 Å². The summed E-state index contributed by atoms with van der Waals surface area (Å²) in [7, 11) is -4.35. The van der Waals surface area contributed by atoms with E-state index in [2.05, 4.69) is 9.71 Å². The highest BCUT2D eigenvalue weighted by Crippen LogP contribution is 2.40. The molecule has 10 heteroatoms. The first kappa shape index (κ1) is 21.3. The van der Waals surface area contributed by atoms with Gasteiger partial charge in [0.1, 0.15) is 10.0 Å². The van der Waals surface area contributed by atoms with Crippen molar-refractivity contribution in [3.8, 4) is 11.1 Å². The minimum Gasteiger partial charge on any atom is -0.278 e. The molecule has 4 aromatic rings. The van der Waals surface area contributed by atoms with Crippen LogP contribution in [-0.2, 0) is 16.2 Å². The molecule has 0 atom stereocenters. The Morgan fingerprint density at radius 1 is 1.03 bits per heavy atom. The van der Waals surface area contributed by atoms with Crippen LogP contribution in [0.3, 0.4) is 0 Å². The number of thiophene rings is 1. The largest absolute Gasteiger partial charge is 0.418 e. The van der Waals surface area contributed by atoms with Gasteiger partial charge < -0.3 is 0 Å². The van der Waals surface area contributed by atoms with Crippen molar-refractivity contribution in [2.45, 2.75) is 17.3 Å². The molecule has 0 saturated heterocycles. The summed E-state index contributed by atoms with van der Waals surface area (Å²) in [4.78, 5) is 3.89. The van der Waals surface area contributed by atoms with E-state index < -0.39 is 33.3 Å². The fourth-order valence-corrected chi connectivity index (χ4v) is 6.03. The lowest BCUT2D eigenvalue weighted by molar-refractivity contribution is -0.136. The second-order valence-corrected chi connectivity index (χ2v) is 9.69. The number of benzene rings is 2. The number of nitrogens with one attached hydrogen (secondary N) is 1. The Hall–Kier alpha value is -2.98. The molecular weight excluding hydrogens is 452 g/mol. The van der Waals surface area contributed by atoms with Gasteiger partial charge in [0.15, 0.2) is 0 Å². The van der Waals surface area contributed by atoms with E-state index in [-0.39, 0.29) is 15.3 Å². The van der Waals surface area contributed by atoms with Crippen molar-refractivity contribution in [2.24, 2.45) is 0 Å². The number of hydrogen-bond acceptors (Lipinski definition) is 4. The van der Waals surface area contributed by atoms with Crippen molar-refractivity contribution >= 4 is 37.1 Å². The summed E-state index contributed by atoms with van der Waals surface area (Å²) in [6.07, 6.45) is -1.89. The molecule has 0 aliphatic rings. The number of alkyl halides is 3. The Kier molecular flexibility index (Phi) is 5.22. The fraction of sp³-hybridized carbons (Fsp3) is 0.0952. The van der Waals surface area contributed by atoms with Gasteiger partial charge >= 0.3 is 6.18 Å². The van der Waals surface area contributed by atoms with E-state index in [0.29, 0.717) is 15.6 Å². The van der Waals surface area contributed by atoms with Gasteiger partial charge in [0.05, 0.1) is 11.3 Å². The number of sulfonamides is 1. The zero-order valence-electron chi connectivity index (χ0n) is 15.9. The number of rotatable bonds is 4. The Bertz CT molecular complexity index is 1380. The van der Waals surface area contributed by atoms with Crippen LogP contribution in [0.2, 0.25) is 0 Å². The van der Waals surface area contributed by atoms with Crippen molar-refractivity contribution in [3.05, 3.63) is 77.9 Å². The molecule has 160 valence electrons. The molecule has 4 nitrogen and oxygen atoms in total. The predicted octanol–water partition coefficient (Wildman–Crippen LogP) is 6.23. The van der Waals surface area contributed by atoms with Crippen LogP contribution in [-0.4, -0.2) is 13.4 Å². The molecular formula is C21H14F4N2O2S2. The van der Waals surface area contributed by atoms with Crippen molar-refractivity contribution < 1.29 is 26.0 Å². The maximum atomic E-state index is 13.7. The number of aryl methyl sites for hydroxylation is 1. The number of fused-ring (bicyclic) bond motifs is 1. The predicted molar refractivity (Wildman–Crippen MR) is 112 cm³/mol. The summed E-state index contributed by atoms with van der Waals surface area (Å²) < 4.78 is 83.0. The van der Waals surface area contributed by atoms with Crippen LogP contribution in [0.4, 0.5) is 23.2 Å². The van der Waals surface area contributed by atoms with Crippen molar-refractivity contribution in [3.63, 3.8) is 0 Å². The SMILES string of the molecule is Cc1c(S(=O)(=O)Nc2ccc(-c3cccnc3)cc2C(F)(F)F)sc2ccc(F)cc12. The smallest absolute Gasteiger partial charge is 0.278 e. The first-order valence-electron chi connectivity index (χ1n) is 8.89. The molecule has 0 radical (unpaired) electrons. The maximum absolute atomic E-state index is 13.7. The summed E-state index contributed by atoms with van der Waals surface area (Å²) in [5.41, 5.74) is -0.736. The normalized spacial score (nSPS) is 12.3. The van der Waals surface area contributed by atoms with Crippen LogP contribution in [0, 0.1) is 12.7 Å². The van der Waals surface area contributed by atoms with E-state index in [0.717, 1.165) is 23.5 Å². The molecule has 31 heavy (non-hydrogen) atoms. The highest BCUT2D eigenvalue weighted by Gasteiger charge is 2.35. The second kappa shape index (κ2) is 7.61. The van der Waals surface area contributed by atoms with E-state index >= 15 is 0 Å². The number of nitrogens with zero attached hydrogens (tertiary/aromatic N) is 1. The number of pyridine rings is 1. The molecule has 0 aliphatic carbocycles. The van der Waals surface area contributed by atoms with Gasteiger partial charge in [0.2, 0.25) is 0 Å². The molecule has 1 N–H and O–H groups in total. The molecule has 0 amide bonds. The Balaban J connectivity index is 1.79. The lowest BCUT2D eigenvalue weighted by Crippen LogP contribution is -2.17. The number of aromatic nitrogens is 1. The monoisotopic (exact) mass is 466 g/mol. The van der Waals surface area contributed by atoms with Crippen molar-refractivity contribution in [1.29, 1.82) is 0 Å². The average molecular weight is 466 g/mol. The van der Waals surface area contributed by atoms with E-state index in [1.165, 1.54) is 43.6 Å². The van der Waals surface area contributed by atoms with Gasteiger partial charge in [-0.25, -0.2) is 12.8 Å². The third-order valence-electron chi connectivity index (χ3n) is 4.66. The molecule has 2 aromatic heterocycles. The molecule has 0 unspecified atom stereocenters. The zero-order chi connectivity index (χ0) is 22.4. The van der Waals surface area contributed by atoms with E-state index in [4.69, 9.17) is 0 Å². The third-order valence-corrected chi connectivity index (χ3v) is 7.92. The summed E-state index contributed by atoms with van der Waals surface area (Å²) in [5.74, 6) is -0.532. The average Bonchev–Trinajstić information content (AvgIpc) is 3.05. The number of anilines is 1. The topological polar surface area (TPSA) is 59.1 Å². The standard InChI is InChI=1S/C21H14F4N2O2S2/c1-12-16-10-15(22)5-7-19(16)30-20(12)31(28,29)27-18-6-4-13(9-17(18)21(23,24)25)14-3-2-8-26-11-14/h2-11,27H,1H3. The number of halogens is 4. The van der Waals surface area contributed by atoms with Crippen LogP contribution < -0.4 is 4.72 Å². The summed E-state index contributed by atoms with van der Waals surface area (Å²) >= 11 is 0.866. The van der Waals surface area contributed by atoms with Crippen LogP contribution >= 0.6 is 11.3 Å². The zero-order valence-corrected chi connectivity index (χ0v) is 17.5. The lowest BCUT2D eigenvalue weighted by Gasteiger charge is -2.16. The Morgan fingerprint density at radius 2 is 1.81 bits per heavy atom. The Morgan fingerprint density at radius 3 is 2.48 bits per heavy atom. The minimum atomic E-state index is -4.80. The number of hydrogen-bond donors (Lipinski definition) is 1. The fourth-order valence-electron chi connectivity index (χ4n) is 3.20. The quantitative estimate of drug-likeness (QED) is 0.363. The highest BCUT2D eigenvalue weighted by atomic mass is 32.2. The molecule has 0 spiro atoms. The van der Waals surface area contributed by atoms with E-state index in [1.807, 2.05) is 0 Å². The summed E-state index contributed by atoms with van der Waals surface area (Å²) in [6.45, 7) is 1.49. The molecule has 0 saturated carbocycles. The lowest BCUT2D eigenvalue weighted by atomic mass is 10.0. The highest BCUT2D eigenvalue weighted by molar-refractivity contribution is 7.94. The third kappa shape index (κ3) is 4.13. The molecule has 0 bridgehead atoms. The van der Waals surface area contributed by atoms with Crippen LogP contribution in [0.15, 0.2) is 65.1 Å². The molecule has 4 rings (SSSR count). The maximum Gasteiger partial charge on any atom is 0.418 e. The van der Waals surface area contributed by atoms with Crippen LogP contribution in [0.5, 0.6) is 0 Å². The van der Waals surface area contributed by atoms with Crippen LogP contribution in [0.25, 0.3) is 21.2 Å². The van der Waals surface area contributed by atoms with Gasteiger partial charge in [-0.15, -0.1) is 11.3 Å². The summed E-state index contributed by atoms with van der Waals surface area (Å²) in [5, 5.41) is 0.397. The van der Waals surface area contributed by atoms with Gasteiger partial charge in [-0.05, 0) is 59.8 Å². The van der Waals surface area contributed by atoms with Gasteiger partial charge in [-0.2, -0.15) is 13.2 Å². The minimum absolute atomic E-state index is 0.169. The molecule has 2 aromatic carbocycles. The Labute approximate surface area is 179 Å². The second-order valence-electron chi connectivity index (χ2n) is 6.76. The van der Waals surface area contributed by atoms with Gasteiger partial charge in [0.25, 0.3) is 10.0 Å². The first-order valence-corrected chi connectivity index (χ1v) is 11.2. The molecule has 2 heterocycles. The summed E-state index contributed by atoms with van der Waals surface area (Å²) in [6, 6.07) is 10.4. The first-order chi connectivity index (χ1) is 14.6. The van der Waals surface area contributed by atoms with Crippen molar-refractivity contribution in [1.82, 2.24) is 4.98 Å². The van der Waals surface area contributed by atoms with E-state index in [9.17, 15) is 26.0 Å². The van der Waals surface area contributed by atoms with Crippen LogP contribution in [0.1, 0.15) is 11.1 Å². The van der Waals surface area contributed by atoms with Crippen molar-refractivity contribution in [2.75, 3.05) is 4.72 Å². The van der Waals surface area contributed by atoms with Gasteiger partial charge in [-0.3, -0.25) is 9.71 Å². The molecule has 0 aliphatic heterocycles.